The molecule has 2 aromatic carbocycles. The fraction of sp³-hybridized carbons (Fsp3) is 0.118. The van der Waals surface area contributed by atoms with E-state index < -0.39 is 11.7 Å². The maximum atomic E-state index is 13.8. The highest BCUT2D eigenvalue weighted by Gasteiger charge is 2.15. The van der Waals surface area contributed by atoms with Gasteiger partial charge in [0.1, 0.15) is 5.82 Å². The third-order valence-electron chi connectivity index (χ3n) is 3.19. The molecule has 0 radical (unpaired) electrons. The fourth-order valence-electron chi connectivity index (χ4n) is 1.96. The lowest BCUT2D eigenvalue weighted by Crippen LogP contribution is -2.19. The van der Waals surface area contributed by atoms with E-state index in [9.17, 15) is 14.3 Å². The van der Waals surface area contributed by atoms with E-state index in [1.165, 1.54) is 24.4 Å². The average molecular weight is 485 g/mol. The average Bonchev–Trinajstić information content (AvgIpc) is 2.63. The summed E-state index contributed by atoms with van der Waals surface area (Å²) in [7, 11) is 0. The third kappa shape index (κ3) is 4.39. The number of halogens is 3. The zero-order chi connectivity index (χ0) is 19.3. The highest BCUT2D eigenvalue weighted by Crippen LogP contribution is 2.41. The van der Waals surface area contributed by atoms with Crippen LogP contribution in [-0.2, 0) is 0 Å². The van der Waals surface area contributed by atoms with Gasteiger partial charge in [-0.05, 0) is 63.0 Å². The SMILES string of the molecule is CCOc1cc(/C=N\NC(=O)c2ccc(C#N)cc2F)c(Br)c(Br)c1O. The smallest absolute Gasteiger partial charge is 0.274 e. The van der Waals surface area contributed by atoms with Crippen molar-refractivity contribution in [1.82, 2.24) is 5.43 Å². The Morgan fingerprint density at radius 3 is 2.77 bits per heavy atom. The summed E-state index contributed by atoms with van der Waals surface area (Å²) >= 11 is 6.53. The van der Waals surface area contributed by atoms with Crippen molar-refractivity contribution in [3.05, 3.63) is 55.7 Å². The number of rotatable bonds is 5. The predicted octanol–water partition coefficient (Wildman–Crippen LogP) is 4.09. The molecule has 0 saturated carbocycles. The second-order valence-corrected chi connectivity index (χ2v) is 6.47. The molecule has 134 valence electrons. The first-order valence-corrected chi connectivity index (χ1v) is 8.84. The van der Waals surface area contributed by atoms with Crippen LogP contribution in [-0.4, -0.2) is 23.8 Å². The number of hydrazone groups is 1. The first-order valence-electron chi connectivity index (χ1n) is 7.25. The van der Waals surface area contributed by atoms with Gasteiger partial charge in [-0.1, -0.05) is 0 Å². The van der Waals surface area contributed by atoms with Crippen LogP contribution in [0, 0.1) is 17.1 Å². The van der Waals surface area contributed by atoms with Crippen LogP contribution < -0.4 is 10.2 Å². The van der Waals surface area contributed by atoms with Crippen molar-refractivity contribution in [2.75, 3.05) is 6.61 Å². The van der Waals surface area contributed by atoms with Crippen molar-refractivity contribution in [3.8, 4) is 17.6 Å². The topological polar surface area (TPSA) is 94.7 Å². The molecule has 2 aromatic rings. The molecule has 1 amide bonds. The Hall–Kier alpha value is -2.44. The van der Waals surface area contributed by atoms with Gasteiger partial charge in [0.2, 0.25) is 0 Å². The lowest BCUT2D eigenvalue weighted by Gasteiger charge is -2.10. The van der Waals surface area contributed by atoms with Crippen LogP contribution >= 0.6 is 31.9 Å². The molecular weight excluding hydrogens is 473 g/mol. The first-order chi connectivity index (χ1) is 12.4. The molecule has 6 nitrogen and oxygen atoms in total. The number of nitrogens with one attached hydrogen (secondary N) is 1. The Morgan fingerprint density at radius 1 is 1.42 bits per heavy atom. The minimum absolute atomic E-state index is 0.0698. The molecule has 0 fully saturated rings. The van der Waals surface area contributed by atoms with Gasteiger partial charge in [-0.25, -0.2) is 9.82 Å². The van der Waals surface area contributed by atoms with Gasteiger partial charge in [0, 0.05) is 10.0 Å². The van der Waals surface area contributed by atoms with Gasteiger partial charge >= 0.3 is 0 Å². The number of hydrogen-bond acceptors (Lipinski definition) is 5. The Kier molecular flexibility index (Phi) is 6.71. The minimum Gasteiger partial charge on any atom is -0.503 e. The highest BCUT2D eigenvalue weighted by atomic mass is 79.9. The Bertz CT molecular complexity index is 926. The van der Waals surface area contributed by atoms with Gasteiger partial charge in [-0.15, -0.1) is 0 Å². The number of nitrogens with zero attached hydrogens (tertiary/aromatic N) is 2. The number of hydrogen-bond donors (Lipinski definition) is 2. The van der Waals surface area contributed by atoms with Gasteiger partial charge in [-0.2, -0.15) is 10.4 Å². The molecule has 0 unspecified atom stereocenters. The molecule has 0 spiro atoms. The summed E-state index contributed by atoms with van der Waals surface area (Å²) in [6, 6.07) is 6.84. The highest BCUT2D eigenvalue weighted by molar-refractivity contribution is 9.13. The molecule has 0 aliphatic rings. The van der Waals surface area contributed by atoms with Crippen LogP contribution in [0.15, 0.2) is 38.3 Å². The minimum atomic E-state index is -0.816. The van der Waals surface area contributed by atoms with E-state index in [4.69, 9.17) is 10.00 Å². The Labute approximate surface area is 165 Å². The van der Waals surface area contributed by atoms with E-state index >= 15 is 0 Å². The lowest BCUT2D eigenvalue weighted by atomic mass is 10.1. The van der Waals surface area contributed by atoms with Crippen molar-refractivity contribution < 1.29 is 19.0 Å². The second kappa shape index (κ2) is 8.78. The van der Waals surface area contributed by atoms with Crippen LogP contribution in [0.2, 0.25) is 0 Å². The number of phenols is 1. The van der Waals surface area contributed by atoms with E-state index in [0.29, 0.717) is 21.1 Å². The molecule has 0 aromatic heterocycles. The third-order valence-corrected chi connectivity index (χ3v) is 5.34. The number of aromatic hydroxyl groups is 1. The fourth-order valence-corrected chi connectivity index (χ4v) is 2.79. The molecule has 0 aliphatic heterocycles. The summed E-state index contributed by atoms with van der Waals surface area (Å²) < 4.78 is 20.0. The van der Waals surface area contributed by atoms with Gasteiger partial charge in [0.25, 0.3) is 5.91 Å². The zero-order valence-electron chi connectivity index (χ0n) is 13.4. The quantitative estimate of drug-likeness (QED) is 0.493. The summed E-state index contributed by atoms with van der Waals surface area (Å²) in [6.07, 6.45) is 1.32. The Morgan fingerprint density at radius 2 is 2.15 bits per heavy atom. The van der Waals surface area contributed by atoms with Gasteiger partial charge in [0.05, 0.1) is 34.5 Å². The Balaban J connectivity index is 2.20. The molecule has 0 saturated heterocycles. The number of ether oxygens (including phenoxy) is 1. The first kappa shape index (κ1) is 19.9. The van der Waals surface area contributed by atoms with Gasteiger partial charge in [0.15, 0.2) is 11.5 Å². The summed E-state index contributed by atoms with van der Waals surface area (Å²) in [5.41, 5.74) is 2.60. The summed E-state index contributed by atoms with van der Waals surface area (Å²) in [5, 5.41) is 22.5. The van der Waals surface area contributed by atoms with Crippen LogP contribution in [0.4, 0.5) is 4.39 Å². The van der Waals surface area contributed by atoms with Gasteiger partial charge < -0.3 is 9.84 Å². The van der Waals surface area contributed by atoms with E-state index in [1.54, 1.807) is 13.0 Å². The van der Waals surface area contributed by atoms with Crippen molar-refractivity contribution in [2.45, 2.75) is 6.92 Å². The molecular formula is C17H12Br2FN3O3. The normalized spacial score (nSPS) is 10.6. The van der Waals surface area contributed by atoms with Crippen LogP contribution in [0.1, 0.15) is 28.4 Å². The molecule has 2 N–H and O–H groups in total. The summed E-state index contributed by atoms with van der Waals surface area (Å²) in [5.74, 6) is -1.40. The van der Waals surface area contributed by atoms with Gasteiger partial charge in [-0.3, -0.25) is 4.79 Å². The molecule has 0 heterocycles. The standard InChI is InChI=1S/C17H12Br2FN3O3/c1-2-26-13-6-10(14(18)15(19)16(13)24)8-22-23-17(25)11-4-3-9(7-21)5-12(11)20/h3-6,8,24H,2H2,1H3,(H,23,25)/b22-8-. The van der Waals surface area contributed by atoms with E-state index in [-0.39, 0.29) is 22.6 Å². The monoisotopic (exact) mass is 483 g/mol. The maximum absolute atomic E-state index is 13.8. The number of amides is 1. The van der Waals surface area contributed by atoms with Crippen molar-refractivity contribution in [3.63, 3.8) is 0 Å². The number of carbonyl (C=O) groups is 1. The summed E-state index contributed by atoms with van der Waals surface area (Å²) in [4.78, 5) is 12.0. The van der Waals surface area contributed by atoms with Crippen LogP contribution in [0.3, 0.4) is 0 Å². The number of carbonyl (C=O) groups excluding carboxylic acids is 1. The second-order valence-electron chi connectivity index (χ2n) is 4.88. The predicted molar refractivity (Wildman–Crippen MR) is 101 cm³/mol. The van der Waals surface area contributed by atoms with Crippen LogP contribution in [0.5, 0.6) is 11.5 Å². The van der Waals surface area contributed by atoms with Crippen molar-refractivity contribution in [1.29, 1.82) is 5.26 Å². The number of benzene rings is 2. The molecule has 26 heavy (non-hydrogen) atoms. The number of phenolic OH excluding ortho intramolecular Hbond substituents is 1. The molecule has 0 atom stereocenters. The number of nitriles is 1. The van der Waals surface area contributed by atoms with E-state index in [0.717, 1.165) is 6.07 Å². The van der Waals surface area contributed by atoms with Crippen LogP contribution in [0.25, 0.3) is 0 Å². The van der Waals surface area contributed by atoms with Crippen molar-refractivity contribution in [2.24, 2.45) is 5.10 Å². The van der Waals surface area contributed by atoms with E-state index in [1.807, 2.05) is 0 Å². The maximum Gasteiger partial charge on any atom is 0.274 e. The molecule has 9 heteroatoms. The van der Waals surface area contributed by atoms with E-state index in [2.05, 4.69) is 42.4 Å². The largest absolute Gasteiger partial charge is 0.503 e. The zero-order valence-corrected chi connectivity index (χ0v) is 16.6. The van der Waals surface area contributed by atoms with Crippen molar-refractivity contribution >= 4 is 44.0 Å². The molecule has 0 bridgehead atoms. The molecule has 2 rings (SSSR count). The molecule has 0 aliphatic carbocycles. The lowest BCUT2D eigenvalue weighted by molar-refractivity contribution is 0.0951. The summed E-state index contributed by atoms with van der Waals surface area (Å²) in [6.45, 7) is 2.13.